The highest BCUT2D eigenvalue weighted by Gasteiger charge is 2.61. The molecular weight excluding hydrogens is 168 g/mol. The summed E-state index contributed by atoms with van der Waals surface area (Å²) in [5, 5.41) is 0. The predicted octanol–water partition coefficient (Wildman–Crippen LogP) is 1.65. The van der Waals surface area contributed by atoms with Crippen LogP contribution in [0.3, 0.4) is 0 Å². The number of epoxide rings is 1. The summed E-state index contributed by atoms with van der Waals surface area (Å²) in [5.74, 6) is -0.135. The van der Waals surface area contributed by atoms with E-state index in [1.165, 1.54) is 0 Å². The highest BCUT2D eigenvalue weighted by atomic mass is 16.7. The van der Waals surface area contributed by atoms with Gasteiger partial charge in [-0.1, -0.05) is 13.8 Å². The summed E-state index contributed by atoms with van der Waals surface area (Å²) in [6.07, 6.45) is 3.98. The molecule has 2 rings (SSSR count). The maximum absolute atomic E-state index is 11.6. The van der Waals surface area contributed by atoms with Gasteiger partial charge in [0.1, 0.15) is 6.10 Å². The third-order valence-corrected chi connectivity index (χ3v) is 2.86. The Morgan fingerprint density at radius 3 is 2.62 bits per heavy atom. The number of rotatable bonds is 4. The van der Waals surface area contributed by atoms with Crippen molar-refractivity contribution in [2.45, 2.75) is 57.3 Å². The van der Waals surface area contributed by atoms with Crippen molar-refractivity contribution < 1.29 is 14.3 Å². The fourth-order valence-corrected chi connectivity index (χ4v) is 1.70. The number of hydrogen-bond acceptors (Lipinski definition) is 3. The van der Waals surface area contributed by atoms with E-state index in [4.69, 9.17) is 9.47 Å². The van der Waals surface area contributed by atoms with E-state index in [0.717, 1.165) is 25.7 Å². The van der Waals surface area contributed by atoms with Gasteiger partial charge in [0.2, 0.25) is 0 Å². The zero-order valence-corrected chi connectivity index (χ0v) is 8.21. The first-order valence-corrected chi connectivity index (χ1v) is 5.11. The van der Waals surface area contributed by atoms with Crippen molar-refractivity contribution in [2.75, 3.05) is 0 Å². The van der Waals surface area contributed by atoms with E-state index in [2.05, 4.69) is 0 Å². The summed E-state index contributed by atoms with van der Waals surface area (Å²) in [7, 11) is 0. The van der Waals surface area contributed by atoms with Gasteiger partial charge in [0.15, 0.2) is 5.60 Å². The van der Waals surface area contributed by atoms with Crippen LogP contribution in [0.1, 0.15) is 39.5 Å². The first-order chi connectivity index (χ1) is 6.23. The van der Waals surface area contributed by atoms with Gasteiger partial charge in [-0.05, 0) is 25.7 Å². The highest BCUT2D eigenvalue weighted by Crippen LogP contribution is 2.44. The Morgan fingerprint density at radius 2 is 2.23 bits per heavy atom. The summed E-state index contributed by atoms with van der Waals surface area (Å²) in [5.41, 5.74) is -0.572. The molecule has 0 aromatic rings. The number of ether oxygens (including phenoxy) is 2. The van der Waals surface area contributed by atoms with E-state index in [9.17, 15) is 4.79 Å². The van der Waals surface area contributed by atoms with Gasteiger partial charge >= 0.3 is 5.97 Å². The van der Waals surface area contributed by atoms with Crippen LogP contribution >= 0.6 is 0 Å². The molecule has 3 nitrogen and oxygen atoms in total. The van der Waals surface area contributed by atoms with Crippen molar-refractivity contribution in [3.8, 4) is 0 Å². The lowest BCUT2D eigenvalue weighted by molar-refractivity contribution is -0.151. The standard InChI is InChI=1S/C10H16O3/c1-3-8-10(4-2,13-8)9(11)12-7-5-6-7/h7-8H,3-6H2,1-2H3. The largest absolute Gasteiger partial charge is 0.460 e. The third kappa shape index (κ3) is 1.46. The maximum atomic E-state index is 11.6. The molecule has 2 fully saturated rings. The maximum Gasteiger partial charge on any atom is 0.341 e. The normalized spacial score (nSPS) is 37.2. The fraction of sp³-hybridized carbons (Fsp3) is 0.900. The van der Waals surface area contributed by atoms with Crippen LogP contribution in [-0.2, 0) is 14.3 Å². The number of carbonyl (C=O) groups is 1. The van der Waals surface area contributed by atoms with E-state index < -0.39 is 5.60 Å². The second kappa shape index (κ2) is 2.98. The predicted molar refractivity (Wildman–Crippen MR) is 47.3 cm³/mol. The molecule has 1 heterocycles. The summed E-state index contributed by atoms with van der Waals surface area (Å²) in [6, 6.07) is 0. The Kier molecular flexibility index (Phi) is 2.06. The Balaban J connectivity index is 1.92. The average Bonchev–Trinajstić information content (AvgIpc) is 2.99. The lowest BCUT2D eigenvalue weighted by atomic mass is 10.0. The van der Waals surface area contributed by atoms with Crippen LogP contribution in [-0.4, -0.2) is 23.8 Å². The first-order valence-electron chi connectivity index (χ1n) is 5.11. The second-order valence-electron chi connectivity index (χ2n) is 3.86. The lowest BCUT2D eigenvalue weighted by Gasteiger charge is -2.09. The molecule has 0 spiro atoms. The van der Waals surface area contributed by atoms with Crippen molar-refractivity contribution >= 4 is 5.97 Å². The Bertz CT molecular complexity index is 222. The second-order valence-corrected chi connectivity index (χ2v) is 3.86. The summed E-state index contributed by atoms with van der Waals surface area (Å²) in [6.45, 7) is 4.01. The van der Waals surface area contributed by atoms with E-state index in [1.807, 2.05) is 13.8 Å². The zero-order valence-electron chi connectivity index (χ0n) is 8.21. The van der Waals surface area contributed by atoms with Gasteiger partial charge in [-0.2, -0.15) is 0 Å². The van der Waals surface area contributed by atoms with Gasteiger partial charge in [0.05, 0.1) is 6.10 Å². The minimum atomic E-state index is -0.572. The minimum absolute atomic E-state index is 0.101. The van der Waals surface area contributed by atoms with Crippen molar-refractivity contribution in [3.63, 3.8) is 0 Å². The zero-order chi connectivity index (χ0) is 9.47. The Labute approximate surface area is 78.4 Å². The van der Waals surface area contributed by atoms with Gasteiger partial charge in [0.25, 0.3) is 0 Å². The van der Waals surface area contributed by atoms with Crippen molar-refractivity contribution in [1.29, 1.82) is 0 Å². The monoisotopic (exact) mass is 184 g/mol. The molecule has 1 aliphatic heterocycles. The lowest BCUT2D eigenvalue weighted by Crippen LogP contribution is -2.29. The van der Waals surface area contributed by atoms with E-state index in [0.29, 0.717) is 0 Å². The van der Waals surface area contributed by atoms with Crippen molar-refractivity contribution in [1.82, 2.24) is 0 Å². The molecule has 0 N–H and O–H groups in total. The average molecular weight is 184 g/mol. The van der Waals surface area contributed by atoms with Crippen LogP contribution in [0.15, 0.2) is 0 Å². The highest BCUT2D eigenvalue weighted by molar-refractivity contribution is 5.83. The van der Waals surface area contributed by atoms with Gasteiger partial charge < -0.3 is 9.47 Å². The Morgan fingerprint density at radius 1 is 1.54 bits per heavy atom. The SMILES string of the molecule is CCC1OC1(CC)C(=O)OC1CC1. The van der Waals surface area contributed by atoms with Crippen LogP contribution in [0, 0.1) is 0 Å². The smallest absolute Gasteiger partial charge is 0.341 e. The first kappa shape index (κ1) is 9.00. The fourth-order valence-electron chi connectivity index (χ4n) is 1.70. The molecule has 13 heavy (non-hydrogen) atoms. The Hall–Kier alpha value is -0.570. The molecule has 1 saturated heterocycles. The van der Waals surface area contributed by atoms with Crippen LogP contribution in [0.4, 0.5) is 0 Å². The molecule has 74 valence electrons. The summed E-state index contributed by atoms with van der Waals surface area (Å²) in [4.78, 5) is 11.6. The quantitative estimate of drug-likeness (QED) is 0.492. The van der Waals surface area contributed by atoms with Gasteiger partial charge in [-0.25, -0.2) is 4.79 Å². The molecule has 0 radical (unpaired) electrons. The van der Waals surface area contributed by atoms with Crippen LogP contribution in [0.5, 0.6) is 0 Å². The van der Waals surface area contributed by atoms with Gasteiger partial charge in [-0.3, -0.25) is 0 Å². The minimum Gasteiger partial charge on any atom is -0.460 e. The van der Waals surface area contributed by atoms with Crippen molar-refractivity contribution in [3.05, 3.63) is 0 Å². The topological polar surface area (TPSA) is 38.8 Å². The van der Waals surface area contributed by atoms with E-state index in [1.54, 1.807) is 0 Å². The molecule has 0 amide bonds. The molecule has 2 atom stereocenters. The molecule has 0 aromatic heterocycles. The van der Waals surface area contributed by atoms with Crippen LogP contribution in [0.2, 0.25) is 0 Å². The van der Waals surface area contributed by atoms with Gasteiger partial charge in [0, 0.05) is 0 Å². The van der Waals surface area contributed by atoms with E-state index >= 15 is 0 Å². The molecule has 3 heteroatoms. The van der Waals surface area contributed by atoms with E-state index in [-0.39, 0.29) is 18.2 Å². The molecule has 2 unspecified atom stereocenters. The number of hydrogen-bond donors (Lipinski definition) is 0. The molecular formula is C10H16O3. The van der Waals surface area contributed by atoms with Crippen LogP contribution in [0.25, 0.3) is 0 Å². The number of esters is 1. The van der Waals surface area contributed by atoms with Gasteiger partial charge in [-0.15, -0.1) is 0 Å². The molecule has 1 saturated carbocycles. The van der Waals surface area contributed by atoms with Crippen molar-refractivity contribution in [2.24, 2.45) is 0 Å². The number of carbonyl (C=O) groups excluding carboxylic acids is 1. The molecule has 2 aliphatic rings. The third-order valence-electron chi connectivity index (χ3n) is 2.86. The molecule has 0 bridgehead atoms. The summed E-state index contributed by atoms with van der Waals surface area (Å²) < 4.78 is 10.7. The summed E-state index contributed by atoms with van der Waals surface area (Å²) >= 11 is 0. The molecule has 0 aromatic carbocycles. The van der Waals surface area contributed by atoms with Crippen LogP contribution < -0.4 is 0 Å². The molecule has 1 aliphatic carbocycles.